The Kier molecular flexibility index (Phi) is 2.77. The molecule has 1 aliphatic heterocycles. The Labute approximate surface area is 94.5 Å². The van der Waals surface area contributed by atoms with Gasteiger partial charge in [-0.15, -0.1) is 0 Å². The molecule has 1 unspecified atom stereocenters. The van der Waals surface area contributed by atoms with E-state index in [9.17, 15) is 0 Å². The second-order valence-corrected chi connectivity index (χ2v) is 4.83. The minimum atomic E-state index is 0.0573. The molecule has 1 aromatic rings. The first-order chi connectivity index (χ1) is 7.55. The monoisotopic (exact) mass is 221 g/mol. The lowest BCUT2D eigenvalue weighted by Crippen LogP contribution is -2.26. The van der Waals surface area contributed by atoms with E-state index in [0.717, 1.165) is 0 Å². The third-order valence-corrected chi connectivity index (χ3v) is 2.38. The van der Waals surface area contributed by atoms with Gasteiger partial charge in [-0.3, -0.25) is 0 Å². The normalized spacial score (nSPS) is 20.2. The van der Waals surface area contributed by atoms with Crippen molar-refractivity contribution in [3.63, 3.8) is 0 Å². The first kappa shape index (κ1) is 10.9. The zero-order chi connectivity index (χ0) is 11.6. The van der Waals surface area contributed by atoms with Gasteiger partial charge in [0.15, 0.2) is 5.75 Å². The lowest BCUT2D eigenvalue weighted by Gasteiger charge is -2.23. The van der Waals surface area contributed by atoms with Crippen molar-refractivity contribution in [3.05, 3.63) is 18.7 Å². The molecule has 1 aromatic heterocycles. The van der Waals surface area contributed by atoms with Crippen LogP contribution in [0.5, 0.6) is 5.75 Å². The highest BCUT2D eigenvalue weighted by Gasteiger charge is 2.33. The molecule has 0 bridgehead atoms. The minimum absolute atomic E-state index is 0.0573. The fourth-order valence-corrected chi connectivity index (χ4v) is 1.35. The molecule has 0 aliphatic carbocycles. The molecule has 0 N–H and O–H groups in total. The van der Waals surface area contributed by atoms with Gasteiger partial charge in [0.25, 0.3) is 0 Å². The van der Waals surface area contributed by atoms with Crippen LogP contribution in [-0.2, 0) is 4.84 Å². The van der Waals surface area contributed by atoms with Gasteiger partial charge in [0.2, 0.25) is 5.90 Å². The first-order valence-electron chi connectivity index (χ1n) is 5.21. The molecule has 0 amide bonds. The molecule has 1 aliphatic rings. The van der Waals surface area contributed by atoms with E-state index in [1.54, 1.807) is 12.4 Å². The fourth-order valence-electron chi connectivity index (χ4n) is 1.35. The van der Waals surface area contributed by atoms with Gasteiger partial charge in [0, 0.05) is 5.41 Å². The van der Waals surface area contributed by atoms with Crippen molar-refractivity contribution in [3.8, 4) is 5.75 Å². The van der Waals surface area contributed by atoms with E-state index in [2.05, 4.69) is 35.9 Å². The van der Waals surface area contributed by atoms with Crippen LogP contribution < -0.4 is 4.74 Å². The summed E-state index contributed by atoms with van der Waals surface area (Å²) in [5.41, 5.74) is 0.0573. The Bertz CT molecular complexity index is 384. The predicted octanol–water partition coefficient (Wildman–Crippen LogP) is 2.00. The summed E-state index contributed by atoms with van der Waals surface area (Å²) in [6.07, 6.45) is 5.39. The van der Waals surface area contributed by atoms with Gasteiger partial charge in [-0.05, 0) is 0 Å². The topological polar surface area (TPSA) is 56.6 Å². The van der Waals surface area contributed by atoms with Crippen molar-refractivity contribution in [2.75, 3.05) is 0 Å². The van der Waals surface area contributed by atoms with Crippen LogP contribution in [0.25, 0.3) is 0 Å². The Morgan fingerprint density at radius 3 is 2.56 bits per heavy atom. The first-order valence-corrected chi connectivity index (χ1v) is 5.21. The van der Waals surface area contributed by atoms with E-state index in [1.807, 2.05) is 0 Å². The van der Waals surface area contributed by atoms with E-state index >= 15 is 0 Å². The van der Waals surface area contributed by atoms with Crippen molar-refractivity contribution in [1.82, 2.24) is 9.97 Å². The number of aromatic nitrogens is 2. The van der Waals surface area contributed by atoms with Crippen LogP contribution in [-0.4, -0.2) is 22.0 Å². The van der Waals surface area contributed by atoms with Crippen molar-refractivity contribution in [1.29, 1.82) is 0 Å². The molecule has 5 nitrogen and oxygen atoms in total. The van der Waals surface area contributed by atoms with Gasteiger partial charge >= 0.3 is 0 Å². The Morgan fingerprint density at radius 1 is 1.31 bits per heavy atom. The Hall–Kier alpha value is -1.65. The van der Waals surface area contributed by atoms with Crippen LogP contribution >= 0.6 is 0 Å². The highest BCUT2D eigenvalue weighted by Crippen LogP contribution is 2.29. The predicted molar refractivity (Wildman–Crippen MR) is 59.0 cm³/mol. The smallest absolute Gasteiger partial charge is 0.235 e. The molecule has 5 heteroatoms. The summed E-state index contributed by atoms with van der Waals surface area (Å²) < 4.78 is 5.50. The number of ether oxygens (including phenoxy) is 1. The van der Waals surface area contributed by atoms with Crippen LogP contribution in [0.2, 0.25) is 0 Å². The van der Waals surface area contributed by atoms with Crippen LogP contribution in [0, 0.1) is 5.41 Å². The summed E-state index contributed by atoms with van der Waals surface area (Å²) in [7, 11) is 0. The minimum Gasteiger partial charge on any atom is -0.436 e. The number of rotatable bonds is 1. The zero-order valence-corrected chi connectivity index (χ0v) is 9.67. The summed E-state index contributed by atoms with van der Waals surface area (Å²) in [6, 6.07) is 0. The molecular formula is C11H15N3O2. The van der Waals surface area contributed by atoms with Gasteiger partial charge in [-0.25, -0.2) is 9.97 Å². The summed E-state index contributed by atoms with van der Waals surface area (Å²) in [5, 5.41) is 3.92. The lowest BCUT2D eigenvalue weighted by atomic mass is 9.87. The second-order valence-electron chi connectivity index (χ2n) is 4.83. The molecule has 0 aromatic carbocycles. The molecule has 0 spiro atoms. The molecule has 0 saturated carbocycles. The summed E-state index contributed by atoms with van der Waals surface area (Å²) >= 11 is 0. The fraction of sp³-hybridized carbons (Fsp3) is 0.545. The average Bonchev–Trinajstić information content (AvgIpc) is 2.67. The molecule has 2 rings (SSSR count). The number of hydrogen-bond donors (Lipinski definition) is 0. The highest BCUT2D eigenvalue weighted by molar-refractivity contribution is 5.79. The van der Waals surface area contributed by atoms with Crippen molar-refractivity contribution >= 4 is 5.90 Å². The van der Waals surface area contributed by atoms with E-state index in [1.165, 1.54) is 6.33 Å². The lowest BCUT2D eigenvalue weighted by molar-refractivity contribution is 0.00829. The van der Waals surface area contributed by atoms with Crippen LogP contribution in [0.3, 0.4) is 0 Å². The molecule has 86 valence electrons. The molecule has 0 radical (unpaired) electrons. The van der Waals surface area contributed by atoms with E-state index in [-0.39, 0.29) is 11.5 Å². The van der Waals surface area contributed by atoms with Gasteiger partial charge in [-0.1, -0.05) is 25.9 Å². The zero-order valence-electron chi connectivity index (χ0n) is 9.67. The largest absolute Gasteiger partial charge is 0.436 e. The molecule has 0 fully saturated rings. The maximum atomic E-state index is 5.50. The van der Waals surface area contributed by atoms with Crippen molar-refractivity contribution < 1.29 is 9.57 Å². The number of oxime groups is 1. The molecule has 1 atom stereocenters. The van der Waals surface area contributed by atoms with Crippen LogP contribution in [0.1, 0.15) is 27.2 Å². The number of hydrogen-bond acceptors (Lipinski definition) is 5. The Balaban J connectivity index is 1.95. The van der Waals surface area contributed by atoms with E-state index in [0.29, 0.717) is 18.1 Å². The third kappa shape index (κ3) is 2.48. The number of nitrogens with zero attached hydrogens (tertiary/aromatic N) is 3. The molecule has 0 saturated heterocycles. The molecular weight excluding hydrogens is 206 g/mol. The van der Waals surface area contributed by atoms with Gasteiger partial charge in [-0.2, -0.15) is 0 Å². The standard InChI is InChI=1S/C11H15N3O2/c1-11(2,3)9-4-10(14-16-9)15-8-5-12-7-13-6-8/h5-7,9H,4H2,1-3H3. The van der Waals surface area contributed by atoms with E-state index in [4.69, 9.17) is 9.57 Å². The van der Waals surface area contributed by atoms with Gasteiger partial charge in [0.05, 0.1) is 18.8 Å². The summed E-state index contributed by atoms with van der Waals surface area (Å²) in [4.78, 5) is 13.0. The maximum absolute atomic E-state index is 5.50. The van der Waals surface area contributed by atoms with Gasteiger partial charge in [0.1, 0.15) is 12.4 Å². The second kappa shape index (κ2) is 4.08. The van der Waals surface area contributed by atoms with Crippen molar-refractivity contribution in [2.45, 2.75) is 33.3 Å². The van der Waals surface area contributed by atoms with Gasteiger partial charge < -0.3 is 9.57 Å². The third-order valence-electron chi connectivity index (χ3n) is 2.38. The quantitative estimate of drug-likeness (QED) is 0.727. The summed E-state index contributed by atoms with van der Waals surface area (Å²) in [5.74, 6) is 1.16. The Morgan fingerprint density at radius 2 is 2.00 bits per heavy atom. The molecule has 2 heterocycles. The SMILES string of the molecule is CC(C)(C)C1CC(Oc2cncnc2)=NO1. The molecule has 16 heavy (non-hydrogen) atoms. The maximum Gasteiger partial charge on any atom is 0.235 e. The van der Waals surface area contributed by atoms with E-state index < -0.39 is 0 Å². The van der Waals surface area contributed by atoms with Crippen LogP contribution in [0.15, 0.2) is 23.9 Å². The highest BCUT2D eigenvalue weighted by atomic mass is 16.7. The summed E-state index contributed by atoms with van der Waals surface area (Å²) in [6.45, 7) is 6.34. The van der Waals surface area contributed by atoms with Crippen LogP contribution in [0.4, 0.5) is 0 Å². The average molecular weight is 221 g/mol. The van der Waals surface area contributed by atoms with Crippen molar-refractivity contribution in [2.24, 2.45) is 10.6 Å².